The third-order valence-corrected chi connectivity index (χ3v) is 6.45. The second-order valence-corrected chi connectivity index (χ2v) is 9.30. The summed E-state index contributed by atoms with van der Waals surface area (Å²) in [7, 11) is 2.15. The molecule has 4 rings (SSSR count). The molecule has 3 heterocycles. The van der Waals surface area contributed by atoms with Crippen LogP contribution >= 0.6 is 0 Å². The van der Waals surface area contributed by atoms with Gasteiger partial charge in [0.05, 0.1) is 17.6 Å². The standard InChI is InChI=1S/C26H35N7O/c1-6-14-31(5)22-12-15-32(17-22)25(34)20-7-9-21(10-8-20)29-26-27-13-11-23(30-26)24-16-28-19(4)33(24)18(2)3/h7-11,13,16,18,22H,6,12,14-15,17H2,1-5H3,(H,27,29,30). The number of likely N-dealkylation sites (tertiary alicyclic amines) is 1. The van der Waals surface area contributed by atoms with E-state index >= 15 is 0 Å². The lowest BCUT2D eigenvalue weighted by Crippen LogP contribution is -2.36. The van der Waals surface area contributed by atoms with Crippen molar-refractivity contribution < 1.29 is 4.79 Å². The van der Waals surface area contributed by atoms with Gasteiger partial charge in [-0.3, -0.25) is 4.79 Å². The molecule has 0 saturated carbocycles. The van der Waals surface area contributed by atoms with Crippen LogP contribution in [0.3, 0.4) is 0 Å². The molecule has 180 valence electrons. The number of imidazole rings is 1. The van der Waals surface area contributed by atoms with E-state index in [4.69, 9.17) is 4.98 Å². The summed E-state index contributed by atoms with van der Waals surface area (Å²) in [6.07, 6.45) is 5.76. The van der Waals surface area contributed by atoms with E-state index in [2.05, 4.69) is 52.6 Å². The van der Waals surface area contributed by atoms with Gasteiger partial charge in [0.1, 0.15) is 5.82 Å². The molecule has 1 fully saturated rings. The average molecular weight is 462 g/mol. The first-order valence-corrected chi connectivity index (χ1v) is 12.1. The highest BCUT2D eigenvalue weighted by molar-refractivity contribution is 5.94. The van der Waals surface area contributed by atoms with Gasteiger partial charge < -0.3 is 19.7 Å². The van der Waals surface area contributed by atoms with E-state index in [1.165, 1.54) is 0 Å². The molecule has 1 atom stereocenters. The fraction of sp³-hybridized carbons (Fsp3) is 0.462. The number of carbonyl (C=O) groups is 1. The van der Waals surface area contributed by atoms with Crippen LogP contribution in [0.25, 0.3) is 11.4 Å². The largest absolute Gasteiger partial charge is 0.337 e. The van der Waals surface area contributed by atoms with Gasteiger partial charge in [0.25, 0.3) is 5.91 Å². The van der Waals surface area contributed by atoms with E-state index in [0.29, 0.717) is 17.6 Å². The Morgan fingerprint density at radius 3 is 2.68 bits per heavy atom. The first kappa shape index (κ1) is 23.9. The van der Waals surface area contributed by atoms with E-state index in [1.807, 2.05) is 48.4 Å². The molecular formula is C26H35N7O. The van der Waals surface area contributed by atoms with Crippen molar-refractivity contribution >= 4 is 17.5 Å². The molecule has 0 aliphatic carbocycles. The number of aromatic nitrogens is 4. The smallest absolute Gasteiger partial charge is 0.253 e. The number of nitrogens with zero attached hydrogens (tertiary/aromatic N) is 6. The van der Waals surface area contributed by atoms with Crippen LogP contribution in [0.2, 0.25) is 0 Å². The number of hydrogen-bond donors (Lipinski definition) is 1. The highest BCUT2D eigenvalue weighted by atomic mass is 16.2. The Kier molecular flexibility index (Phi) is 7.26. The molecule has 1 amide bonds. The molecule has 34 heavy (non-hydrogen) atoms. The zero-order chi connectivity index (χ0) is 24.2. The number of likely N-dealkylation sites (N-methyl/N-ethyl adjacent to an activating group) is 1. The lowest BCUT2D eigenvalue weighted by atomic mass is 10.2. The molecule has 1 N–H and O–H groups in total. The number of nitrogens with one attached hydrogen (secondary N) is 1. The van der Waals surface area contributed by atoms with E-state index in [1.54, 1.807) is 6.20 Å². The van der Waals surface area contributed by atoms with Crippen LogP contribution < -0.4 is 5.32 Å². The highest BCUT2D eigenvalue weighted by Gasteiger charge is 2.29. The van der Waals surface area contributed by atoms with Crippen LogP contribution in [-0.4, -0.2) is 67.9 Å². The highest BCUT2D eigenvalue weighted by Crippen LogP contribution is 2.24. The van der Waals surface area contributed by atoms with Crippen molar-refractivity contribution in [3.8, 4) is 11.4 Å². The van der Waals surface area contributed by atoms with Crippen molar-refractivity contribution in [1.29, 1.82) is 0 Å². The topological polar surface area (TPSA) is 79.2 Å². The average Bonchev–Trinajstić information content (AvgIpc) is 3.47. The predicted octanol–water partition coefficient (Wildman–Crippen LogP) is 4.53. The number of amides is 1. The van der Waals surface area contributed by atoms with Crippen molar-refractivity contribution in [2.45, 2.75) is 52.6 Å². The second-order valence-electron chi connectivity index (χ2n) is 9.30. The Labute approximate surface area is 202 Å². The minimum atomic E-state index is 0.0921. The van der Waals surface area contributed by atoms with Crippen molar-refractivity contribution in [1.82, 2.24) is 29.3 Å². The van der Waals surface area contributed by atoms with Crippen LogP contribution in [-0.2, 0) is 0 Å². The van der Waals surface area contributed by atoms with Gasteiger partial charge >= 0.3 is 0 Å². The van der Waals surface area contributed by atoms with Crippen molar-refractivity contribution in [2.75, 3.05) is 32.0 Å². The normalized spacial score (nSPS) is 16.0. The molecule has 8 heteroatoms. The van der Waals surface area contributed by atoms with E-state index in [-0.39, 0.29) is 11.9 Å². The maximum Gasteiger partial charge on any atom is 0.253 e. The molecule has 1 aromatic carbocycles. The number of hydrogen-bond acceptors (Lipinski definition) is 6. The van der Waals surface area contributed by atoms with Gasteiger partial charge in [-0.05, 0) is 77.5 Å². The Balaban J connectivity index is 1.43. The molecule has 0 spiro atoms. The monoisotopic (exact) mass is 461 g/mol. The third kappa shape index (κ3) is 5.12. The summed E-state index contributed by atoms with van der Waals surface area (Å²) in [5, 5.41) is 3.26. The van der Waals surface area contributed by atoms with Gasteiger partial charge in [-0.15, -0.1) is 0 Å². The van der Waals surface area contributed by atoms with Gasteiger partial charge in [0.15, 0.2) is 0 Å². The fourth-order valence-corrected chi connectivity index (χ4v) is 4.69. The minimum Gasteiger partial charge on any atom is -0.337 e. The minimum absolute atomic E-state index is 0.0921. The SMILES string of the molecule is CCCN(C)C1CCN(C(=O)c2ccc(Nc3nccc(-c4cnc(C)n4C(C)C)n3)cc2)C1. The number of anilines is 2. The molecular weight excluding hydrogens is 426 g/mol. The molecule has 1 unspecified atom stereocenters. The lowest BCUT2D eigenvalue weighted by Gasteiger charge is -2.24. The Morgan fingerprint density at radius 2 is 1.97 bits per heavy atom. The summed E-state index contributed by atoms with van der Waals surface area (Å²) < 4.78 is 2.16. The van der Waals surface area contributed by atoms with Gasteiger partial charge in [0, 0.05) is 42.6 Å². The van der Waals surface area contributed by atoms with Crippen LogP contribution in [0.5, 0.6) is 0 Å². The van der Waals surface area contributed by atoms with Gasteiger partial charge in [-0.25, -0.2) is 15.0 Å². The number of benzene rings is 1. The predicted molar refractivity (Wildman–Crippen MR) is 135 cm³/mol. The van der Waals surface area contributed by atoms with Gasteiger partial charge in [-0.1, -0.05) is 6.92 Å². The Morgan fingerprint density at radius 1 is 1.21 bits per heavy atom. The van der Waals surface area contributed by atoms with Crippen molar-refractivity contribution in [2.24, 2.45) is 0 Å². The summed E-state index contributed by atoms with van der Waals surface area (Å²) in [4.78, 5) is 30.8. The molecule has 2 aromatic heterocycles. The van der Waals surface area contributed by atoms with Gasteiger partial charge in [0.2, 0.25) is 5.95 Å². The maximum absolute atomic E-state index is 13.0. The number of carbonyl (C=O) groups excluding carboxylic acids is 1. The van der Waals surface area contributed by atoms with Crippen molar-refractivity contribution in [3.05, 3.63) is 54.1 Å². The summed E-state index contributed by atoms with van der Waals surface area (Å²) >= 11 is 0. The third-order valence-electron chi connectivity index (χ3n) is 6.45. The number of aryl methyl sites for hydroxylation is 1. The summed E-state index contributed by atoms with van der Waals surface area (Å²) in [6, 6.07) is 10.2. The Hall–Kier alpha value is -3.26. The first-order valence-electron chi connectivity index (χ1n) is 12.1. The molecule has 0 bridgehead atoms. The number of rotatable bonds is 8. The van der Waals surface area contributed by atoms with Crippen molar-refractivity contribution in [3.63, 3.8) is 0 Å². The second kappa shape index (κ2) is 10.3. The van der Waals surface area contributed by atoms with Crippen LogP contribution in [0.1, 0.15) is 55.8 Å². The summed E-state index contributed by atoms with van der Waals surface area (Å²) in [6.45, 7) is 11.1. The first-order chi connectivity index (χ1) is 16.4. The fourth-order valence-electron chi connectivity index (χ4n) is 4.69. The maximum atomic E-state index is 13.0. The Bertz CT molecular complexity index is 1120. The molecule has 1 saturated heterocycles. The summed E-state index contributed by atoms with van der Waals surface area (Å²) in [5.41, 5.74) is 3.32. The van der Waals surface area contributed by atoms with Crippen LogP contribution in [0.15, 0.2) is 42.7 Å². The van der Waals surface area contributed by atoms with E-state index in [9.17, 15) is 4.79 Å². The zero-order valence-corrected chi connectivity index (χ0v) is 20.8. The molecule has 1 aliphatic heterocycles. The van der Waals surface area contributed by atoms with E-state index in [0.717, 1.165) is 55.4 Å². The van der Waals surface area contributed by atoms with Crippen LogP contribution in [0.4, 0.5) is 11.6 Å². The zero-order valence-electron chi connectivity index (χ0n) is 20.8. The quantitative estimate of drug-likeness (QED) is 0.531. The van der Waals surface area contributed by atoms with Crippen LogP contribution in [0, 0.1) is 6.92 Å². The summed E-state index contributed by atoms with van der Waals surface area (Å²) in [5.74, 6) is 1.56. The molecule has 0 radical (unpaired) electrons. The van der Waals surface area contributed by atoms with Gasteiger partial charge in [-0.2, -0.15) is 0 Å². The molecule has 1 aliphatic rings. The van der Waals surface area contributed by atoms with E-state index < -0.39 is 0 Å². The molecule has 3 aromatic rings. The lowest BCUT2D eigenvalue weighted by molar-refractivity contribution is 0.0780. The molecule has 8 nitrogen and oxygen atoms in total.